The second-order valence-electron chi connectivity index (χ2n) is 4.67. The summed E-state index contributed by atoms with van der Waals surface area (Å²) in [4.78, 5) is 11.6. The van der Waals surface area contributed by atoms with Gasteiger partial charge in [-0.15, -0.1) is 0 Å². The van der Waals surface area contributed by atoms with Crippen molar-refractivity contribution in [1.29, 1.82) is 0 Å². The molecule has 0 atom stereocenters. The van der Waals surface area contributed by atoms with Crippen LogP contribution in [0.4, 0.5) is 0 Å². The number of nitrogens with one attached hydrogen (secondary N) is 1. The lowest BCUT2D eigenvalue weighted by molar-refractivity contribution is -0.121. The molecule has 1 rings (SSSR count). The van der Waals surface area contributed by atoms with Crippen LogP contribution in [0.15, 0.2) is 6.20 Å². The van der Waals surface area contributed by atoms with Crippen molar-refractivity contribution in [3.63, 3.8) is 0 Å². The van der Waals surface area contributed by atoms with Crippen LogP contribution in [0, 0.1) is 6.92 Å². The zero-order valence-corrected chi connectivity index (χ0v) is 12.5. The van der Waals surface area contributed by atoms with E-state index in [1.807, 2.05) is 20.8 Å². The molecule has 0 aliphatic carbocycles. The first kappa shape index (κ1) is 16.0. The third-order valence-electron chi connectivity index (χ3n) is 2.69. The average molecular weight is 288 g/mol. The van der Waals surface area contributed by atoms with E-state index in [1.54, 1.807) is 10.9 Å². The Labute approximate surface area is 119 Å². The fourth-order valence-corrected chi connectivity index (χ4v) is 1.71. The van der Waals surface area contributed by atoms with Crippen molar-refractivity contribution in [2.75, 3.05) is 13.2 Å². The summed E-state index contributed by atoms with van der Waals surface area (Å²) < 4.78 is 7.13. The highest BCUT2D eigenvalue weighted by Crippen LogP contribution is 2.13. The molecule has 0 aliphatic rings. The van der Waals surface area contributed by atoms with Gasteiger partial charge in [-0.05, 0) is 27.2 Å². The fraction of sp³-hybridized carbons (Fsp3) is 0.692. The van der Waals surface area contributed by atoms with Gasteiger partial charge in [-0.1, -0.05) is 11.6 Å². The summed E-state index contributed by atoms with van der Waals surface area (Å²) in [5.74, 6) is 0.0237. The topological polar surface area (TPSA) is 56.2 Å². The Balaban J connectivity index is 2.13. The Morgan fingerprint density at radius 3 is 2.89 bits per heavy atom. The van der Waals surface area contributed by atoms with E-state index in [9.17, 15) is 4.79 Å². The fourth-order valence-electron chi connectivity index (χ4n) is 1.56. The quantitative estimate of drug-likeness (QED) is 0.746. The van der Waals surface area contributed by atoms with Gasteiger partial charge >= 0.3 is 0 Å². The molecule has 0 fully saturated rings. The summed E-state index contributed by atoms with van der Waals surface area (Å²) in [6, 6.07) is 0. The number of amides is 1. The predicted octanol–water partition coefficient (Wildman–Crippen LogP) is 2.17. The first-order valence-corrected chi connectivity index (χ1v) is 6.94. The molecule has 0 saturated heterocycles. The molecule has 1 heterocycles. The standard InChI is InChI=1S/C13H22ClN3O2/c1-10(2)19-8-4-6-15-13(18)5-7-17-11(3)12(14)9-16-17/h9-10H,4-8H2,1-3H3,(H,15,18). The minimum atomic E-state index is 0.0237. The Bertz CT molecular complexity index is 405. The Morgan fingerprint density at radius 2 is 2.32 bits per heavy atom. The number of aryl methyl sites for hydroxylation is 1. The highest BCUT2D eigenvalue weighted by molar-refractivity contribution is 6.31. The van der Waals surface area contributed by atoms with Gasteiger partial charge in [0, 0.05) is 19.6 Å². The highest BCUT2D eigenvalue weighted by Gasteiger charge is 2.06. The third-order valence-corrected chi connectivity index (χ3v) is 3.06. The second-order valence-corrected chi connectivity index (χ2v) is 5.08. The minimum Gasteiger partial charge on any atom is -0.379 e. The lowest BCUT2D eigenvalue weighted by atomic mass is 10.3. The molecule has 0 aliphatic heterocycles. The van der Waals surface area contributed by atoms with E-state index < -0.39 is 0 Å². The van der Waals surface area contributed by atoms with Crippen LogP contribution in [0.5, 0.6) is 0 Å². The van der Waals surface area contributed by atoms with Crippen molar-refractivity contribution in [1.82, 2.24) is 15.1 Å². The number of rotatable bonds is 8. The van der Waals surface area contributed by atoms with Crippen LogP contribution in [0.3, 0.4) is 0 Å². The second kappa shape index (κ2) is 8.17. The molecule has 6 heteroatoms. The molecule has 5 nitrogen and oxygen atoms in total. The molecule has 19 heavy (non-hydrogen) atoms. The molecule has 1 amide bonds. The van der Waals surface area contributed by atoms with Crippen LogP contribution in [0.2, 0.25) is 5.02 Å². The molecule has 1 aromatic rings. The molecule has 0 aromatic carbocycles. The summed E-state index contributed by atoms with van der Waals surface area (Å²) in [6.07, 6.45) is 3.07. The Morgan fingerprint density at radius 1 is 1.58 bits per heavy atom. The van der Waals surface area contributed by atoms with Crippen LogP contribution < -0.4 is 5.32 Å². The third kappa shape index (κ3) is 6.07. The number of nitrogens with zero attached hydrogens (tertiary/aromatic N) is 2. The molecular formula is C13H22ClN3O2. The van der Waals surface area contributed by atoms with E-state index in [-0.39, 0.29) is 12.0 Å². The summed E-state index contributed by atoms with van der Waals surface area (Å²) in [5, 5.41) is 7.59. The first-order valence-electron chi connectivity index (χ1n) is 6.57. The number of halogens is 1. The first-order chi connectivity index (χ1) is 9.00. The van der Waals surface area contributed by atoms with Crippen molar-refractivity contribution in [3.8, 4) is 0 Å². The van der Waals surface area contributed by atoms with E-state index in [0.29, 0.717) is 31.1 Å². The van der Waals surface area contributed by atoms with Crippen molar-refractivity contribution < 1.29 is 9.53 Å². The smallest absolute Gasteiger partial charge is 0.221 e. The zero-order chi connectivity index (χ0) is 14.3. The Kier molecular flexibility index (Phi) is 6.87. The van der Waals surface area contributed by atoms with Gasteiger partial charge < -0.3 is 10.1 Å². The number of ether oxygens (including phenoxy) is 1. The SMILES string of the molecule is Cc1c(Cl)cnn1CCC(=O)NCCCOC(C)C. The molecule has 0 radical (unpaired) electrons. The number of hydrogen-bond donors (Lipinski definition) is 1. The van der Waals surface area contributed by atoms with Crippen molar-refractivity contribution >= 4 is 17.5 Å². The predicted molar refractivity (Wildman–Crippen MR) is 75.3 cm³/mol. The van der Waals surface area contributed by atoms with Gasteiger partial charge in [0.2, 0.25) is 5.91 Å². The van der Waals surface area contributed by atoms with E-state index in [0.717, 1.165) is 12.1 Å². The summed E-state index contributed by atoms with van der Waals surface area (Å²) in [6.45, 7) is 7.74. The molecule has 0 spiro atoms. The lowest BCUT2D eigenvalue weighted by Gasteiger charge is -2.08. The molecule has 108 valence electrons. The average Bonchev–Trinajstić information content (AvgIpc) is 2.67. The maximum absolute atomic E-state index is 11.6. The van der Waals surface area contributed by atoms with Gasteiger partial charge in [0.25, 0.3) is 0 Å². The largest absolute Gasteiger partial charge is 0.379 e. The molecule has 1 N–H and O–H groups in total. The van der Waals surface area contributed by atoms with Crippen molar-refractivity contribution in [2.24, 2.45) is 0 Å². The van der Waals surface area contributed by atoms with E-state index >= 15 is 0 Å². The normalized spacial score (nSPS) is 11.0. The van der Waals surface area contributed by atoms with Gasteiger partial charge in [0.05, 0.1) is 29.6 Å². The maximum atomic E-state index is 11.6. The van der Waals surface area contributed by atoms with Crippen molar-refractivity contribution in [3.05, 3.63) is 16.9 Å². The summed E-state index contributed by atoms with van der Waals surface area (Å²) >= 11 is 5.89. The van der Waals surface area contributed by atoms with E-state index in [2.05, 4.69) is 10.4 Å². The minimum absolute atomic E-state index is 0.0237. The van der Waals surface area contributed by atoms with E-state index in [4.69, 9.17) is 16.3 Å². The summed E-state index contributed by atoms with van der Waals surface area (Å²) in [5.41, 5.74) is 0.889. The summed E-state index contributed by atoms with van der Waals surface area (Å²) in [7, 11) is 0. The highest BCUT2D eigenvalue weighted by atomic mass is 35.5. The number of hydrogen-bond acceptors (Lipinski definition) is 3. The molecular weight excluding hydrogens is 266 g/mol. The molecule has 0 unspecified atom stereocenters. The van der Waals surface area contributed by atoms with Gasteiger partial charge in [-0.3, -0.25) is 9.48 Å². The number of carbonyl (C=O) groups is 1. The van der Waals surface area contributed by atoms with Crippen molar-refractivity contribution in [2.45, 2.75) is 46.3 Å². The van der Waals surface area contributed by atoms with Gasteiger partial charge in [0.15, 0.2) is 0 Å². The number of aromatic nitrogens is 2. The van der Waals surface area contributed by atoms with Gasteiger partial charge in [0.1, 0.15) is 0 Å². The monoisotopic (exact) mass is 287 g/mol. The van der Waals surface area contributed by atoms with Crippen LogP contribution in [0.25, 0.3) is 0 Å². The zero-order valence-electron chi connectivity index (χ0n) is 11.8. The van der Waals surface area contributed by atoms with Gasteiger partial charge in [-0.2, -0.15) is 5.10 Å². The van der Waals surface area contributed by atoms with Crippen LogP contribution >= 0.6 is 11.6 Å². The molecule has 0 bridgehead atoms. The van der Waals surface area contributed by atoms with Gasteiger partial charge in [-0.25, -0.2) is 0 Å². The van der Waals surface area contributed by atoms with Crippen LogP contribution in [0.1, 0.15) is 32.4 Å². The Hall–Kier alpha value is -1.07. The lowest BCUT2D eigenvalue weighted by Crippen LogP contribution is -2.26. The van der Waals surface area contributed by atoms with Crippen LogP contribution in [-0.2, 0) is 16.1 Å². The molecule has 0 saturated carbocycles. The van der Waals surface area contributed by atoms with E-state index in [1.165, 1.54) is 0 Å². The number of carbonyl (C=O) groups excluding carboxylic acids is 1. The maximum Gasteiger partial charge on any atom is 0.221 e. The van der Waals surface area contributed by atoms with Crippen LogP contribution in [-0.4, -0.2) is 34.9 Å². The molecule has 1 aromatic heterocycles.